The van der Waals surface area contributed by atoms with Gasteiger partial charge in [-0.3, -0.25) is 9.47 Å². The summed E-state index contributed by atoms with van der Waals surface area (Å²) in [6.45, 7) is 2.96. The van der Waals surface area contributed by atoms with Crippen molar-refractivity contribution in [1.29, 1.82) is 0 Å². The van der Waals surface area contributed by atoms with E-state index in [0.29, 0.717) is 0 Å². The molecule has 1 aliphatic rings. The van der Waals surface area contributed by atoms with Crippen LogP contribution in [0.3, 0.4) is 0 Å². The number of nitrogens with one attached hydrogen (secondary N) is 1. The topological polar surface area (TPSA) is 41.0 Å². The predicted molar refractivity (Wildman–Crippen MR) is 95.4 cm³/mol. The molecule has 120 valence electrons. The number of nitrogens with zero attached hydrogens (tertiary/aromatic N) is 2. The van der Waals surface area contributed by atoms with Gasteiger partial charge in [-0.1, -0.05) is 23.7 Å². The number of imidazole rings is 1. The van der Waals surface area contributed by atoms with Crippen molar-refractivity contribution in [1.82, 2.24) is 14.5 Å². The SMILES string of the molecule is O=c1[nH]c2ccccc2n1C1CCN(Cc2ccc(Cl)s2)CC1. The van der Waals surface area contributed by atoms with Gasteiger partial charge in [0.05, 0.1) is 15.4 Å². The third-order valence-electron chi connectivity index (χ3n) is 4.55. The summed E-state index contributed by atoms with van der Waals surface area (Å²) in [7, 11) is 0. The minimum Gasteiger partial charge on any atom is -0.306 e. The van der Waals surface area contributed by atoms with Gasteiger partial charge in [0.2, 0.25) is 0 Å². The highest BCUT2D eigenvalue weighted by atomic mass is 35.5. The van der Waals surface area contributed by atoms with Crippen LogP contribution >= 0.6 is 22.9 Å². The van der Waals surface area contributed by atoms with E-state index in [1.165, 1.54) is 4.88 Å². The Balaban J connectivity index is 1.48. The second-order valence-electron chi connectivity index (χ2n) is 6.03. The molecule has 6 heteroatoms. The lowest BCUT2D eigenvalue weighted by Crippen LogP contribution is -2.36. The second-order valence-corrected chi connectivity index (χ2v) is 7.83. The maximum Gasteiger partial charge on any atom is 0.326 e. The molecule has 0 radical (unpaired) electrons. The molecule has 0 unspecified atom stereocenters. The van der Waals surface area contributed by atoms with Crippen molar-refractivity contribution < 1.29 is 0 Å². The highest BCUT2D eigenvalue weighted by molar-refractivity contribution is 7.16. The van der Waals surface area contributed by atoms with E-state index < -0.39 is 0 Å². The number of para-hydroxylation sites is 2. The van der Waals surface area contributed by atoms with Crippen LogP contribution in [-0.2, 0) is 6.54 Å². The monoisotopic (exact) mass is 347 g/mol. The Morgan fingerprint density at radius 3 is 2.70 bits per heavy atom. The van der Waals surface area contributed by atoms with E-state index >= 15 is 0 Å². The first-order chi connectivity index (χ1) is 11.2. The van der Waals surface area contributed by atoms with Crippen molar-refractivity contribution in [3.05, 3.63) is 56.1 Å². The first kappa shape index (κ1) is 15.0. The molecule has 3 heterocycles. The van der Waals surface area contributed by atoms with Crippen LogP contribution in [0.1, 0.15) is 23.8 Å². The molecule has 4 rings (SSSR count). The summed E-state index contributed by atoms with van der Waals surface area (Å²) < 4.78 is 2.79. The molecule has 3 aromatic rings. The molecular weight excluding hydrogens is 330 g/mol. The molecule has 0 atom stereocenters. The Hall–Kier alpha value is -1.56. The molecule has 1 saturated heterocycles. The van der Waals surface area contributed by atoms with Gasteiger partial charge in [-0.05, 0) is 37.1 Å². The summed E-state index contributed by atoms with van der Waals surface area (Å²) in [4.78, 5) is 19.0. The fraction of sp³-hybridized carbons (Fsp3) is 0.353. The molecule has 0 bridgehead atoms. The quantitative estimate of drug-likeness (QED) is 0.781. The first-order valence-electron chi connectivity index (χ1n) is 7.86. The van der Waals surface area contributed by atoms with Gasteiger partial charge in [0, 0.05) is 30.6 Å². The van der Waals surface area contributed by atoms with Crippen LogP contribution in [0.2, 0.25) is 4.34 Å². The minimum absolute atomic E-state index is 0.00897. The van der Waals surface area contributed by atoms with Crippen molar-refractivity contribution in [2.45, 2.75) is 25.4 Å². The zero-order valence-corrected chi connectivity index (χ0v) is 14.2. The molecular formula is C17H18ClN3OS. The number of likely N-dealkylation sites (tertiary alicyclic amines) is 1. The van der Waals surface area contributed by atoms with E-state index in [1.807, 2.05) is 34.9 Å². The molecule has 0 saturated carbocycles. The molecule has 0 amide bonds. The maximum absolute atomic E-state index is 12.3. The number of H-pyrrole nitrogens is 1. The van der Waals surface area contributed by atoms with Gasteiger partial charge < -0.3 is 4.98 Å². The smallest absolute Gasteiger partial charge is 0.306 e. The van der Waals surface area contributed by atoms with E-state index in [9.17, 15) is 4.79 Å². The molecule has 4 nitrogen and oxygen atoms in total. The number of fused-ring (bicyclic) bond motifs is 1. The number of aromatic amines is 1. The lowest BCUT2D eigenvalue weighted by Gasteiger charge is -2.32. The number of benzene rings is 1. The van der Waals surface area contributed by atoms with Gasteiger partial charge in [0.15, 0.2) is 0 Å². The third kappa shape index (κ3) is 2.96. The zero-order chi connectivity index (χ0) is 15.8. The fourth-order valence-corrected chi connectivity index (χ4v) is 4.56. The van der Waals surface area contributed by atoms with Crippen LogP contribution in [-0.4, -0.2) is 27.5 Å². The Morgan fingerprint density at radius 1 is 1.17 bits per heavy atom. The Kier molecular flexibility index (Phi) is 4.01. The fourth-order valence-electron chi connectivity index (χ4n) is 3.43. The van der Waals surface area contributed by atoms with E-state index in [4.69, 9.17) is 11.6 Å². The Labute approximate surface area is 143 Å². The first-order valence-corrected chi connectivity index (χ1v) is 9.06. The largest absolute Gasteiger partial charge is 0.326 e. The summed E-state index contributed by atoms with van der Waals surface area (Å²) in [5.74, 6) is 0. The standard InChI is InChI=1S/C17H18ClN3OS/c18-16-6-5-13(23-16)11-20-9-7-12(8-10-20)21-15-4-2-1-3-14(15)19-17(21)22/h1-6,12H,7-11H2,(H,19,22). The summed E-state index contributed by atoms with van der Waals surface area (Å²) >= 11 is 7.65. The molecule has 0 aliphatic carbocycles. The highest BCUT2D eigenvalue weighted by Gasteiger charge is 2.23. The molecule has 2 aromatic heterocycles. The molecule has 1 aliphatic heterocycles. The van der Waals surface area contributed by atoms with Gasteiger partial charge in [0.25, 0.3) is 0 Å². The summed E-state index contributed by atoms with van der Waals surface area (Å²) in [6, 6.07) is 12.3. The van der Waals surface area contributed by atoms with Gasteiger partial charge in [0.1, 0.15) is 0 Å². The number of hydrogen-bond acceptors (Lipinski definition) is 3. The minimum atomic E-state index is 0.00897. The number of rotatable bonds is 3. The van der Waals surface area contributed by atoms with Gasteiger partial charge in [-0.2, -0.15) is 0 Å². The summed E-state index contributed by atoms with van der Waals surface area (Å²) in [6.07, 6.45) is 2.00. The number of hydrogen-bond donors (Lipinski definition) is 1. The summed E-state index contributed by atoms with van der Waals surface area (Å²) in [5.41, 5.74) is 1.95. The average Bonchev–Trinajstić information content (AvgIpc) is 3.10. The van der Waals surface area contributed by atoms with Crippen molar-refractivity contribution in [3.8, 4) is 0 Å². The van der Waals surface area contributed by atoms with Crippen molar-refractivity contribution in [2.24, 2.45) is 0 Å². The molecule has 1 fully saturated rings. The van der Waals surface area contributed by atoms with Crippen LogP contribution in [0.5, 0.6) is 0 Å². The maximum atomic E-state index is 12.3. The van der Waals surface area contributed by atoms with Crippen LogP contribution < -0.4 is 5.69 Å². The number of thiophene rings is 1. The van der Waals surface area contributed by atoms with E-state index in [2.05, 4.69) is 16.0 Å². The second kappa shape index (κ2) is 6.15. The van der Waals surface area contributed by atoms with Crippen molar-refractivity contribution in [3.63, 3.8) is 0 Å². The number of halogens is 1. The van der Waals surface area contributed by atoms with E-state index in [-0.39, 0.29) is 11.7 Å². The Bertz CT molecular complexity index is 873. The molecule has 1 aromatic carbocycles. The van der Waals surface area contributed by atoms with Gasteiger partial charge in [-0.15, -0.1) is 11.3 Å². The van der Waals surface area contributed by atoms with Crippen LogP contribution in [0.25, 0.3) is 11.0 Å². The lowest BCUT2D eigenvalue weighted by atomic mass is 10.0. The number of aromatic nitrogens is 2. The van der Waals surface area contributed by atoms with E-state index in [0.717, 1.165) is 47.8 Å². The van der Waals surface area contributed by atoms with Crippen molar-refractivity contribution >= 4 is 34.0 Å². The van der Waals surface area contributed by atoms with Crippen LogP contribution in [0.4, 0.5) is 0 Å². The average molecular weight is 348 g/mol. The van der Waals surface area contributed by atoms with Crippen LogP contribution in [0.15, 0.2) is 41.2 Å². The molecule has 0 spiro atoms. The predicted octanol–water partition coefficient (Wildman–Crippen LogP) is 3.88. The van der Waals surface area contributed by atoms with Crippen LogP contribution in [0, 0.1) is 0 Å². The molecule has 1 N–H and O–H groups in total. The highest BCUT2D eigenvalue weighted by Crippen LogP contribution is 2.28. The number of piperidine rings is 1. The summed E-state index contributed by atoms with van der Waals surface area (Å²) in [5, 5.41) is 0. The lowest BCUT2D eigenvalue weighted by molar-refractivity contribution is 0.181. The molecule has 23 heavy (non-hydrogen) atoms. The Morgan fingerprint density at radius 2 is 1.96 bits per heavy atom. The van der Waals surface area contributed by atoms with Gasteiger partial charge in [-0.25, -0.2) is 4.79 Å². The zero-order valence-electron chi connectivity index (χ0n) is 12.7. The van der Waals surface area contributed by atoms with Crippen molar-refractivity contribution in [2.75, 3.05) is 13.1 Å². The van der Waals surface area contributed by atoms with Gasteiger partial charge >= 0.3 is 5.69 Å². The normalized spacial score (nSPS) is 17.1. The van der Waals surface area contributed by atoms with E-state index in [1.54, 1.807) is 11.3 Å². The third-order valence-corrected chi connectivity index (χ3v) is 5.77.